The van der Waals surface area contributed by atoms with Crippen molar-refractivity contribution in [1.82, 2.24) is 24.9 Å². The number of aromatic nitrogens is 4. The molecule has 2 aromatic heterocycles. The Morgan fingerprint density at radius 3 is 2.55 bits per heavy atom. The molecule has 0 aliphatic heterocycles. The molecule has 0 aliphatic rings. The minimum absolute atomic E-state index is 0.277. The molecule has 2 rings (SSSR count). The predicted molar refractivity (Wildman–Crippen MR) is 80.9 cm³/mol. The molecular weight excluding hydrogens is 274 g/mol. The van der Waals surface area contributed by atoms with E-state index in [1.54, 1.807) is 4.68 Å². The van der Waals surface area contributed by atoms with Gasteiger partial charge in [-0.05, 0) is 33.3 Å². The van der Waals surface area contributed by atoms with Gasteiger partial charge in [0, 0.05) is 31.4 Å². The Hall–Kier alpha value is -1.33. The molecule has 0 fully saturated rings. The van der Waals surface area contributed by atoms with Gasteiger partial charge in [0.15, 0.2) is 0 Å². The highest BCUT2D eigenvalue weighted by Gasteiger charge is 2.17. The van der Waals surface area contributed by atoms with Crippen LogP contribution >= 0.6 is 11.6 Å². The first-order chi connectivity index (χ1) is 9.40. The van der Waals surface area contributed by atoms with Crippen LogP contribution < -0.4 is 5.32 Å². The zero-order valence-electron chi connectivity index (χ0n) is 12.7. The lowest BCUT2D eigenvalue weighted by atomic mass is 10.1. The van der Waals surface area contributed by atoms with Gasteiger partial charge < -0.3 is 5.32 Å². The second kappa shape index (κ2) is 5.97. The van der Waals surface area contributed by atoms with Crippen LogP contribution in [0.25, 0.3) is 0 Å². The summed E-state index contributed by atoms with van der Waals surface area (Å²) in [5.74, 6) is 0. The summed E-state index contributed by atoms with van der Waals surface area (Å²) in [6, 6.07) is 0.560. The van der Waals surface area contributed by atoms with E-state index in [9.17, 15) is 0 Å². The van der Waals surface area contributed by atoms with Crippen molar-refractivity contribution in [3.05, 3.63) is 34.4 Å². The Bertz CT molecular complexity index is 586. The molecule has 5 nitrogen and oxygen atoms in total. The van der Waals surface area contributed by atoms with E-state index in [1.807, 2.05) is 31.8 Å². The molecule has 0 unspecified atom stereocenters. The first-order valence-electron chi connectivity index (χ1n) is 6.82. The molecule has 0 aromatic carbocycles. The van der Waals surface area contributed by atoms with Crippen LogP contribution in [-0.2, 0) is 13.6 Å². The zero-order valence-corrected chi connectivity index (χ0v) is 13.4. The van der Waals surface area contributed by atoms with Gasteiger partial charge in [0.2, 0.25) is 0 Å². The fraction of sp³-hybridized carbons (Fsp3) is 0.571. The van der Waals surface area contributed by atoms with Gasteiger partial charge in [0.05, 0.1) is 17.9 Å². The smallest absolute Gasteiger partial charge is 0.131 e. The molecule has 1 N–H and O–H groups in total. The van der Waals surface area contributed by atoms with Crippen molar-refractivity contribution in [1.29, 1.82) is 0 Å². The van der Waals surface area contributed by atoms with Gasteiger partial charge in [-0.25, -0.2) is 0 Å². The Morgan fingerprint density at radius 2 is 2.05 bits per heavy atom. The molecule has 0 spiro atoms. The highest BCUT2D eigenvalue weighted by molar-refractivity contribution is 6.30. The van der Waals surface area contributed by atoms with Crippen molar-refractivity contribution < 1.29 is 0 Å². The highest BCUT2D eigenvalue weighted by Crippen LogP contribution is 2.19. The summed E-state index contributed by atoms with van der Waals surface area (Å²) in [4.78, 5) is 0. The van der Waals surface area contributed by atoms with E-state index in [1.165, 1.54) is 5.56 Å². The number of nitrogens with one attached hydrogen (secondary N) is 1. The molecule has 20 heavy (non-hydrogen) atoms. The Balaban J connectivity index is 2.00. The molecule has 6 heteroatoms. The Morgan fingerprint density at radius 1 is 1.35 bits per heavy atom. The number of rotatable bonds is 5. The molecule has 0 saturated heterocycles. The summed E-state index contributed by atoms with van der Waals surface area (Å²) in [6.07, 6.45) is 3.94. The molecule has 2 heterocycles. The number of hydrogen-bond acceptors (Lipinski definition) is 3. The lowest BCUT2D eigenvalue weighted by molar-refractivity contribution is 0.364. The van der Waals surface area contributed by atoms with Crippen LogP contribution in [0.1, 0.15) is 36.7 Å². The van der Waals surface area contributed by atoms with Gasteiger partial charge in [0.25, 0.3) is 0 Å². The van der Waals surface area contributed by atoms with E-state index in [-0.39, 0.29) is 12.1 Å². The van der Waals surface area contributed by atoms with E-state index in [2.05, 4.69) is 35.6 Å². The van der Waals surface area contributed by atoms with Gasteiger partial charge in [0.1, 0.15) is 5.15 Å². The molecular formula is C14H22ClN5. The molecule has 0 aliphatic carbocycles. The Kier molecular flexibility index (Phi) is 4.50. The van der Waals surface area contributed by atoms with Gasteiger partial charge in [-0.2, -0.15) is 10.2 Å². The van der Waals surface area contributed by atoms with Gasteiger partial charge >= 0.3 is 0 Å². The van der Waals surface area contributed by atoms with Crippen LogP contribution in [0.15, 0.2) is 12.4 Å². The standard InChI is InChI=1S/C14H22ClN5/c1-9-6-17-20(8-9)12(4)10(2)16-7-13-11(3)18-19(5)14(13)15/h6,8,10,12,16H,7H2,1-5H3/t10-,12-/m1/s1. The number of halogens is 1. The minimum atomic E-state index is 0.277. The van der Waals surface area contributed by atoms with Crippen molar-refractivity contribution in [3.8, 4) is 0 Å². The summed E-state index contributed by atoms with van der Waals surface area (Å²) in [5.41, 5.74) is 3.21. The van der Waals surface area contributed by atoms with E-state index in [0.717, 1.165) is 11.3 Å². The fourth-order valence-corrected chi connectivity index (χ4v) is 2.43. The molecule has 0 saturated carbocycles. The van der Waals surface area contributed by atoms with Crippen LogP contribution in [0.5, 0.6) is 0 Å². The van der Waals surface area contributed by atoms with E-state index in [0.29, 0.717) is 11.7 Å². The van der Waals surface area contributed by atoms with Crippen LogP contribution in [0.3, 0.4) is 0 Å². The fourth-order valence-electron chi connectivity index (χ4n) is 2.19. The summed E-state index contributed by atoms with van der Waals surface area (Å²) in [7, 11) is 1.86. The van der Waals surface area contributed by atoms with Crippen molar-refractivity contribution >= 4 is 11.6 Å². The maximum atomic E-state index is 6.24. The zero-order chi connectivity index (χ0) is 14.9. The van der Waals surface area contributed by atoms with Crippen molar-refractivity contribution in [2.24, 2.45) is 7.05 Å². The first kappa shape index (κ1) is 15.1. The van der Waals surface area contributed by atoms with Crippen molar-refractivity contribution in [2.45, 2.75) is 46.3 Å². The molecule has 0 bridgehead atoms. The quantitative estimate of drug-likeness (QED) is 0.922. The maximum absolute atomic E-state index is 6.24. The summed E-state index contributed by atoms with van der Waals surface area (Å²) >= 11 is 6.24. The second-order valence-corrected chi connectivity index (χ2v) is 5.74. The number of aryl methyl sites for hydroxylation is 3. The third-order valence-electron chi connectivity index (χ3n) is 3.74. The number of hydrogen-bond donors (Lipinski definition) is 1. The highest BCUT2D eigenvalue weighted by atomic mass is 35.5. The largest absolute Gasteiger partial charge is 0.308 e. The first-order valence-corrected chi connectivity index (χ1v) is 7.20. The average Bonchev–Trinajstić information content (AvgIpc) is 2.92. The third kappa shape index (κ3) is 3.04. The van der Waals surface area contributed by atoms with Crippen LogP contribution in [0.2, 0.25) is 5.15 Å². The molecule has 2 aromatic rings. The lowest BCUT2D eigenvalue weighted by Gasteiger charge is -2.21. The van der Waals surface area contributed by atoms with Crippen molar-refractivity contribution in [3.63, 3.8) is 0 Å². The second-order valence-electron chi connectivity index (χ2n) is 5.39. The SMILES string of the molecule is Cc1cnn([C@H](C)[C@@H](C)NCc2c(C)nn(C)c2Cl)c1. The average molecular weight is 296 g/mol. The summed E-state index contributed by atoms with van der Waals surface area (Å²) in [5, 5.41) is 12.9. The lowest BCUT2D eigenvalue weighted by Crippen LogP contribution is -2.33. The molecule has 110 valence electrons. The van der Waals surface area contributed by atoms with Gasteiger partial charge in [-0.3, -0.25) is 9.36 Å². The van der Waals surface area contributed by atoms with E-state index >= 15 is 0 Å². The topological polar surface area (TPSA) is 47.7 Å². The Labute approximate surface area is 124 Å². The van der Waals surface area contributed by atoms with Crippen LogP contribution in [-0.4, -0.2) is 25.6 Å². The molecule has 0 radical (unpaired) electrons. The van der Waals surface area contributed by atoms with E-state index in [4.69, 9.17) is 11.6 Å². The summed E-state index contributed by atoms with van der Waals surface area (Å²) < 4.78 is 3.70. The minimum Gasteiger partial charge on any atom is -0.308 e. The van der Waals surface area contributed by atoms with Gasteiger partial charge in [-0.15, -0.1) is 0 Å². The maximum Gasteiger partial charge on any atom is 0.131 e. The van der Waals surface area contributed by atoms with Gasteiger partial charge in [-0.1, -0.05) is 11.6 Å². The summed E-state index contributed by atoms with van der Waals surface area (Å²) in [6.45, 7) is 9.05. The normalized spacial score (nSPS) is 14.5. The predicted octanol–water partition coefficient (Wildman–Crippen LogP) is 2.63. The van der Waals surface area contributed by atoms with E-state index < -0.39 is 0 Å². The molecule has 0 amide bonds. The van der Waals surface area contributed by atoms with Crippen LogP contribution in [0, 0.1) is 13.8 Å². The monoisotopic (exact) mass is 295 g/mol. The molecule has 2 atom stereocenters. The number of nitrogens with zero attached hydrogens (tertiary/aromatic N) is 4. The third-order valence-corrected chi connectivity index (χ3v) is 4.21. The van der Waals surface area contributed by atoms with Crippen LogP contribution in [0.4, 0.5) is 0 Å². The van der Waals surface area contributed by atoms with Crippen molar-refractivity contribution in [2.75, 3.05) is 0 Å².